The molecule has 0 saturated heterocycles. The molecule has 7 nitrogen and oxygen atoms in total. The lowest BCUT2D eigenvalue weighted by atomic mass is 9.93. The van der Waals surface area contributed by atoms with Crippen LogP contribution in [-0.4, -0.2) is 54.8 Å². The molecule has 1 aromatic carbocycles. The minimum Gasteiger partial charge on any atom is -0.497 e. The van der Waals surface area contributed by atoms with E-state index in [0.717, 1.165) is 5.32 Å². The monoisotopic (exact) mass is 441 g/mol. The summed E-state index contributed by atoms with van der Waals surface area (Å²) in [5, 5.41) is 13.2. The van der Waals surface area contributed by atoms with Gasteiger partial charge in [0, 0.05) is 0 Å². The molecule has 0 aliphatic rings. The summed E-state index contributed by atoms with van der Waals surface area (Å²) in [7, 11) is 1.43. The third-order valence-corrected chi connectivity index (χ3v) is 4.25. The second kappa shape index (κ2) is 10.0. The molecule has 0 aromatic heterocycles. The molecule has 0 bridgehead atoms. The molecule has 2 amide bonds. The Morgan fingerprint density at radius 2 is 1.67 bits per heavy atom. The molecule has 170 valence electrons. The molecule has 30 heavy (non-hydrogen) atoms. The van der Waals surface area contributed by atoms with Crippen molar-refractivity contribution in [2.75, 3.05) is 13.7 Å². The van der Waals surface area contributed by atoms with Crippen LogP contribution in [0.1, 0.15) is 25.5 Å². The average Bonchev–Trinajstić information content (AvgIpc) is 2.67. The van der Waals surface area contributed by atoms with Crippen LogP contribution in [-0.2, 0) is 9.59 Å². The number of rotatable bonds is 9. The van der Waals surface area contributed by atoms with Gasteiger partial charge in [-0.25, -0.2) is 0 Å². The first-order chi connectivity index (χ1) is 13.7. The maximum Gasteiger partial charge on any atom is 0.405 e. The lowest BCUT2D eigenvalue weighted by Gasteiger charge is -2.32. The fourth-order valence-electron chi connectivity index (χ4n) is 2.49. The van der Waals surface area contributed by atoms with Crippen LogP contribution in [0.25, 0.3) is 0 Å². The van der Waals surface area contributed by atoms with Crippen LogP contribution in [0.5, 0.6) is 5.75 Å². The smallest absolute Gasteiger partial charge is 0.405 e. The first-order valence-corrected chi connectivity index (χ1v) is 8.81. The lowest BCUT2D eigenvalue weighted by Crippen LogP contribution is -2.60. The molecular weight excluding hydrogens is 417 g/mol. The van der Waals surface area contributed by atoms with Crippen molar-refractivity contribution in [1.82, 2.24) is 10.6 Å². The molecule has 0 aliphatic heterocycles. The van der Waals surface area contributed by atoms with Crippen molar-refractivity contribution >= 4 is 11.8 Å². The minimum absolute atomic E-state index is 0.319. The number of ether oxygens (including phenoxy) is 1. The number of nitrogens with one attached hydrogen (secondary N) is 2. The van der Waals surface area contributed by atoms with Crippen molar-refractivity contribution in [2.45, 2.75) is 44.1 Å². The third-order valence-electron chi connectivity index (χ3n) is 4.25. The number of amides is 2. The molecule has 0 fully saturated rings. The maximum atomic E-state index is 14.2. The number of carbonyl (C=O) groups is 2. The van der Waals surface area contributed by atoms with Gasteiger partial charge in [0.05, 0.1) is 13.2 Å². The minimum atomic E-state index is -4.91. The van der Waals surface area contributed by atoms with Gasteiger partial charge in [-0.1, -0.05) is 26.0 Å². The van der Waals surface area contributed by atoms with Gasteiger partial charge < -0.3 is 26.2 Å². The molecule has 0 heterocycles. The van der Waals surface area contributed by atoms with Crippen molar-refractivity contribution in [2.24, 2.45) is 11.7 Å². The normalized spacial score (nSPS) is 15.3. The largest absolute Gasteiger partial charge is 0.497 e. The van der Waals surface area contributed by atoms with Gasteiger partial charge in [0.25, 0.3) is 5.91 Å². The first kappa shape index (κ1) is 25.6. The van der Waals surface area contributed by atoms with Gasteiger partial charge in [-0.3, -0.25) is 9.59 Å². The zero-order valence-electron chi connectivity index (χ0n) is 16.5. The zero-order chi connectivity index (χ0) is 23.3. The van der Waals surface area contributed by atoms with E-state index in [-0.39, 0.29) is 0 Å². The molecule has 3 atom stereocenters. The lowest BCUT2D eigenvalue weighted by molar-refractivity contribution is -0.174. The standard InChI is InChI=1S/C18H24F5N3O4/c1-9(2)13(14(27)18(22,23)16(29)25-8-17(19,20)21)26-15(28)12(24)10-4-6-11(30-3)7-5-10/h4-7,9,12-14,27H,8,24H2,1-3H3,(H,25,29)(H,26,28)/t12-,13-,14+/m0/s1. The molecule has 0 spiro atoms. The second-order valence-corrected chi connectivity index (χ2v) is 6.89. The van der Waals surface area contributed by atoms with Crippen LogP contribution in [0.4, 0.5) is 22.0 Å². The summed E-state index contributed by atoms with van der Waals surface area (Å²) in [6.07, 6.45) is -7.70. The Morgan fingerprint density at radius 3 is 2.10 bits per heavy atom. The van der Waals surface area contributed by atoms with Crippen LogP contribution in [0, 0.1) is 5.92 Å². The Labute approximate surface area is 169 Å². The molecule has 1 aromatic rings. The number of carbonyl (C=O) groups excluding carboxylic acids is 2. The van der Waals surface area contributed by atoms with Crippen LogP contribution in [0.15, 0.2) is 24.3 Å². The summed E-state index contributed by atoms with van der Waals surface area (Å²) in [5.74, 6) is -8.16. The summed E-state index contributed by atoms with van der Waals surface area (Å²) in [4.78, 5) is 23.9. The predicted molar refractivity (Wildman–Crippen MR) is 96.7 cm³/mol. The molecule has 0 unspecified atom stereocenters. The fraction of sp³-hybridized carbons (Fsp3) is 0.556. The summed E-state index contributed by atoms with van der Waals surface area (Å²) >= 11 is 0. The number of aliphatic hydroxyl groups is 1. The highest BCUT2D eigenvalue weighted by atomic mass is 19.4. The van der Waals surface area contributed by atoms with Crippen LogP contribution in [0.2, 0.25) is 0 Å². The summed E-state index contributed by atoms with van der Waals surface area (Å²) in [6.45, 7) is 0.753. The molecule has 0 radical (unpaired) electrons. The van der Waals surface area contributed by atoms with E-state index in [9.17, 15) is 36.6 Å². The Balaban J connectivity index is 2.93. The number of aliphatic hydroxyl groups excluding tert-OH is 1. The highest BCUT2D eigenvalue weighted by Crippen LogP contribution is 2.26. The van der Waals surface area contributed by atoms with Gasteiger partial charge in [0.2, 0.25) is 5.91 Å². The van der Waals surface area contributed by atoms with Gasteiger partial charge in [-0.2, -0.15) is 22.0 Å². The van der Waals surface area contributed by atoms with E-state index in [1.165, 1.54) is 45.2 Å². The van der Waals surface area contributed by atoms with E-state index in [0.29, 0.717) is 11.3 Å². The molecule has 12 heteroatoms. The van der Waals surface area contributed by atoms with Crippen LogP contribution < -0.4 is 21.1 Å². The maximum absolute atomic E-state index is 14.2. The number of benzene rings is 1. The Bertz CT molecular complexity index is 726. The van der Waals surface area contributed by atoms with E-state index in [1.54, 1.807) is 0 Å². The van der Waals surface area contributed by atoms with E-state index in [4.69, 9.17) is 10.5 Å². The number of methoxy groups -OCH3 is 1. The topological polar surface area (TPSA) is 114 Å². The van der Waals surface area contributed by atoms with Crippen molar-refractivity contribution < 1.29 is 41.4 Å². The first-order valence-electron chi connectivity index (χ1n) is 8.81. The van der Waals surface area contributed by atoms with E-state index in [2.05, 4.69) is 5.32 Å². The van der Waals surface area contributed by atoms with Gasteiger partial charge in [-0.15, -0.1) is 0 Å². The third kappa shape index (κ3) is 6.80. The van der Waals surface area contributed by atoms with Crippen molar-refractivity contribution in [3.05, 3.63) is 29.8 Å². The van der Waals surface area contributed by atoms with Gasteiger partial charge in [0.15, 0.2) is 0 Å². The van der Waals surface area contributed by atoms with Gasteiger partial charge >= 0.3 is 12.1 Å². The molecule has 0 saturated carbocycles. The number of hydrogen-bond acceptors (Lipinski definition) is 5. The second-order valence-electron chi connectivity index (χ2n) is 6.89. The quantitative estimate of drug-likeness (QED) is 0.434. The summed E-state index contributed by atoms with van der Waals surface area (Å²) in [5.41, 5.74) is 6.14. The van der Waals surface area contributed by atoms with Crippen molar-refractivity contribution in [3.63, 3.8) is 0 Å². The van der Waals surface area contributed by atoms with Crippen LogP contribution in [0.3, 0.4) is 0 Å². The molecule has 0 aliphatic carbocycles. The van der Waals surface area contributed by atoms with Crippen LogP contribution >= 0.6 is 0 Å². The molecule has 5 N–H and O–H groups in total. The van der Waals surface area contributed by atoms with Gasteiger partial charge in [0.1, 0.15) is 24.4 Å². The summed E-state index contributed by atoms with van der Waals surface area (Å²) < 4.78 is 69.9. The van der Waals surface area contributed by atoms with E-state index < -0.39 is 54.6 Å². The Kier molecular flexibility index (Phi) is 8.54. The van der Waals surface area contributed by atoms with Gasteiger partial charge in [-0.05, 0) is 23.6 Å². The van der Waals surface area contributed by atoms with E-state index in [1.807, 2.05) is 0 Å². The van der Waals surface area contributed by atoms with Crippen molar-refractivity contribution in [1.29, 1.82) is 0 Å². The Morgan fingerprint density at radius 1 is 1.13 bits per heavy atom. The highest BCUT2D eigenvalue weighted by molar-refractivity contribution is 5.85. The predicted octanol–water partition coefficient (Wildman–Crippen LogP) is 1.51. The number of nitrogens with two attached hydrogens (primary N) is 1. The average molecular weight is 441 g/mol. The number of hydrogen-bond donors (Lipinski definition) is 4. The number of alkyl halides is 5. The fourth-order valence-corrected chi connectivity index (χ4v) is 2.49. The molecular formula is C18H24F5N3O4. The SMILES string of the molecule is COc1ccc([C@H](N)C(=O)N[C@@H](C(C)C)[C@@H](O)C(F)(F)C(=O)NCC(F)(F)F)cc1. The zero-order valence-corrected chi connectivity index (χ0v) is 16.5. The molecule has 1 rings (SSSR count). The van der Waals surface area contributed by atoms with E-state index >= 15 is 0 Å². The Hall–Kier alpha value is -2.47. The highest BCUT2D eigenvalue weighted by Gasteiger charge is 2.51. The number of halogens is 5. The van der Waals surface area contributed by atoms with Crippen molar-refractivity contribution in [3.8, 4) is 5.75 Å². The summed E-state index contributed by atoms with van der Waals surface area (Å²) in [6, 6.07) is 3.03.